The minimum absolute atomic E-state index is 0. The van der Waals surface area contributed by atoms with E-state index >= 15 is 0 Å². The third kappa shape index (κ3) is 89.1. The first-order chi connectivity index (χ1) is 7.71. The SMILES string of the molecule is CS(=O)(=O)CCC#N.CS(=O)[O-].N#CCCBr.[Br-].[Na+].[Na+]. The molecular weight excluding hydrogens is 458 g/mol. The Morgan fingerprint density at radius 3 is 1.55 bits per heavy atom. The van der Waals surface area contributed by atoms with Crippen molar-refractivity contribution in [1.82, 2.24) is 0 Å². The maximum Gasteiger partial charge on any atom is 1.00 e. The second-order valence-electron chi connectivity index (χ2n) is 2.54. The van der Waals surface area contributed by atoms with Gasteiger partial charge in [-0.25, -0.2) is 8.42 Å². The van der Waals surface area contributed by atoms with Crippen LogP contribution in [0.3, 0.4) is 0 Å². The number of hydrogen-bond acceptors (Lipinski definition) is 6. The predicted molar refractivity (Wildman–Crippen MR) is 68.8 cm³/mol. The number of hydrogen-bond donors (Lipinski definition) is 0. The van der Waals surface area contributed by atoms with Gasteiger partial charge in [-0.05, 0) is 6.26 Å². The molecule has 0 heterocycles. The molecule has 0 aliphatic rings. The molecule has 0 radical (unpaired) electrons. The number of halogens is 2. The van der Waals surface area contributed by atoms with E-state index in [0.29, 0.717) is 6.42 Å². The van der Waals surface area contributed by atoms with E-state index in [0.717, 1.165) is 17.8 Å². The summed E-state index contributed by atoms with van der Waals surface area (Å²) in [5.41, 5.74) is 0. The van der Waals surface area contributed by atoms with Crippen LogP contribution in [0, 0.1) is 22.7 Å². The summed E-state index contributed by atoms with van der Waals surface area (Å²) in [4.78, 5) is 0. The molecule has 0 fully saturated rings. The molecule has 0 aromatic rings. The van der Waals surface area contributed by atoms with Gasteiger partial charge in [0.25, 0.3) is 0 Å². The zero-order valence-electron chi connectivity index (χ0n) is 11.9. The number of nitriles is 2. The largest absolute Gasteiger partial charge is 1.00 e. The maximum absolute atomic E-state index is 10.2. The Balaban J connectivity index is -0.0000000363. The van der Waals surface area contributed by atoms with Crippen LogP contribution in [0.15, 0.2) is 0 Å². The number of sulfone groups is 1. The fourth-order valence-corrected chi connectivity index (χ4v) is 0.913. The summed E-state index contributed by atoms with van der Waals surface area (Å²) in [6.07, 6.45) is 2.91. The summed E-state index contributed by atoms with van der Waals surface area (Å²) >= 11 is 1.23. The van der Waals surface area contributed by atoms with Crippen molar-refractivity contribution in [1.29, 1.82) is 10.5 Å². The zero-order valence-corrected chi connectivity index (χ0v) is 20.7. The molecule has 0 rings (SSSR count). The summed E-state index contributed by atoms with van der Waals surface area (Å²) in [6.45, 7) is 0. The normalized spacial score (nSPS) is 8.90. The van der Waals surface area contributed by atoms with E-state index in [1.54, 1.807) is 6.07 Å². The van der Waals surface area contributed by atoms with Gasteiger partial charge in [0.1, 0.15) is 9.84 Å². The van der Waals surface area contributed by atoms with E-state index < -0.39 is 20.9 Å². The average molecular weight is 472 g/mol. The summed E-state index contributed by atoms with van der Waals surface area (Å²) in [5, 5.41) is 16.5. The molecule has 20 heavy (non-hydrogen) atoms. The van der Waals surface area contributed by atoms with Crippen LogP contribution in [-0.2, 0) is 20.9 Å². The smallest absolute Gasteiger partial charge is 1.00 e. The molecule has 0 spiro atoms. The monoisotopic (exact) mass is 470 g/mol. The minimum atomic E-state index is -2.91. The van der Waals surface area contributed by atoms with Crippen LogP contribution >= 0.6 is 15.9 Å². The first-order valence-corrected chi connectivity index (χ1v) is 8.86. The Kier molecular flexibility index (Phi) is 55.1. The van der Waals surface area contributed by atoms with E-state index in [1.807, 2.05) is 6.07 Å². The molecular formula is C8H14Br2N2Na2O4S2. The van der Waals surface area contributed by atoms with Gasteiger partial charge >= 0.3 is 59.1 Å². The van der Waals surface area contributed by atoms with Gasteiger partial charge in [-0.15, -0.1) is 0 Å². The number of rotatable bonds is 3. The van der Waals surface area contributed by atoms with Gasteiger partial charge in [-0.2, -0.15) is 10.5 Å². The van der Waals surface area contributed by atoms with Gasteiger partial charge in [0.15, 0.2) is 0 Å². The van der Waals surface area contributed by atoms with Crippen molar-refractivity contribution in [2.45, 2.75) is 12.8 Å². The number of nitrogens with zero attached hydrogens (tertiary/aromatic N) is 2. The van der Waals surface area contributed by atoms with Crippen molar-refractivity contribution in [3.8, 4) is 12.1 Å². The fourth-order valence-electron chi connectivity index (χ4n) is 0.273. The van der Waals surface area contributed by atoms with Crippen LogP contribution in [0.1, 0.15) is 12.8 Å². The molecule has 6 nitrogen and oxygen atoms in total. The van der Waals surface area contributed by atoms with Gasteiger partial charge in [-0.3, -0.25) is 4.21 Å². The van der Waals surface area contributed by atoms with Crippen LogP contribution in [-0.4, -0.2) is 40.8 Å². The summed E-state index contributed by atoms with van der Waals surface area (Å²) in [5.74, 6) is -0.0243. The summed E-state index contributed by atoms with van der Waals surface area (Å²) in [6, 6.07) is 3.72. The van der Waals surface area contributed by atoms with Crippen molar-refractivity contribution < 1.29 is 93.3 Å². The van der Waals surface area contributed by atoms with Crippen LogP contribution in [0.25, 0.3) is 0 Å². The molecule has 0 aromatic heterocycles. The van der Waals surface area contributed by atoms with Crippen LogP contribution < -0.4 is 76.1 Å². The van der Waals surface area contributed by atoms with Crippen molar-refractivity contribution in [3.05, 3.63) is 0 Å². The molecule has 0 aliphatic heterocycles. The predicted octanol–water partition coefficient (Wildman–Crippen LogP) is -8.25. The molecule has 0 N–H and O–H groups in total. The topological polar surface area (TPSA) is 122 Å². The minimum Gasteiger partial charge on any atom is -1.00 e. The molecule has 12 heteroatoms. The van der Waals surface area contributed by atoms with Gasteiger partial charge < -0.3 is 21.5 Å². The average Bonchev–Trinajstić information content (AvgIpc) is 2.15. The first-order valence-electron chi connectivity index (χ1n) is 4.19. The van der Waals surface area contributed by atoms with E-state index in [2.05, 4.69) is 15.9 Å². The fraction of sp³-hybridized carbons (Fsp3) is 0.750. The molecule has 0 aromatic carbocycles. The van der Waals surface area contributed by atoms with Gasteiger partial charge in [0.2, 0.25) is 0 Å². The van der Waals surface area contributed by atoms with Gasteiger partial charge in [0, 0.05) is 24.4 Å². The van der Waals surface area contributed by atoms with Crippen LogP contribution in [0.2, 0.25) is 0 Å². The van der Waals surface area contributed by atoms with Crippen molar-refractivity contribution in [2.24, 2.45) is 0 Å². The molecule has 0 saturated carbocycles. The molecule has 1 unspecified atom stereocenters. The Morgan fingerprint density at radius 2 is 1.50 bits per heavy atom. The van der Waals surface area contributed by atoms with E-state index in [1.165, 1.54) is 0 Å². The van der Waals surface area contributed by atoms with Crippen LogP contribution in [0.4, 0.5) is 0 Å². The molecule has 0 saturated heterocycles. The number of alkyl halides is 1. The third-order valence-electron chi connectivity index (χ3n) is 0.791. The van der Waals surface area contributed by atoms with Crippen molar-refractivity contribution in [3.63, 3.8) is 0 Å². The maximum atomic E-state index is 10.2. The second kappa shape index (κ2) is 29.1. The molecule has 0 aliphatic carbocycles. The molecule has 1 atom stereocenters. The quantitative estimate of drug-likeness (QED) is 0.229. The molecule has 0 amide bonds. The van der Waals surface area contributed by atoms with Gasteiger partial charge in [0.05, 0.1) is 17.9 Å². The Labute approximate surface area is 186 Å². The summed E-state index contributed by atoms with van der Waals surface area (Å²) in [7, 11) is -2.91. The third-order valence-corrected chi connectivity index (χ3v) is 2.13. The Hall–Kier alpha value is 2.00. The Morgan fingerprint density at radius 1 is 1.20 bits per heavy atom. The van der Waals surface area contributed by atoms with E-state index in [4.69, 9.17) is 19.3 Å². The van der Waals surface area contributed by atoms with E-state index in [9.17, 15) is 8.42 Å². The summed E-state index contributed by atoms with van der Waals surface area (Å²) < 4.78 is 38.5. The molecule has 0 bridgehead atoms. The van der Waals surface area contributed by atoms with Crippen molar-refractivity contribution >= 4 is 36.8 Å². The first kappa shape index (κ1) is 37.9. The Bertz CT molecular complexity index is 379. The van der Waals surface area contributed by atoms with Gasteiger partial charge in [-0.1, -0.05) is 27.0 Å². The van der Waals surface area contributed by atoms with E-state index in [-0.39, 0.29) is 88.3 Å². The standard InChI is InChI=1S/C4H7NO2S.C3H4BrN.CH4O2S.BrH.2Na/c1-8(6,7)4-2-3-5;4-2-1-3-5;1-4(2)3;;;/h2,4H2,1H3;1-2H2;1H3,(H,2,3);1H;;/q;;;;2*+1/p-2. The zero-order chi connectivity index (χ0) is 14.3. The molecule has 108 valence electrons. The second-order valence-corrected chi connectivity index (χ2v) is 6.39. The van der Waals surface area contributed by atoms with Crippen LogP contribution in [0.5, 0.6) is 0 Å². The van der Waals surface area contributed by atoms with Crippen molar-refractivity contribution in [2.75, 3.05) is 23.6 Å².